The van der Waals surface area contributed by atoms with E-state index in [9.17, 15) is 13.6 Å². The molecule has 0 bridgehead atoms. The summed E-state index contributed by atoms with van der Waals surface area (Å²) >= 11 is 1.59. The number of rotatable bonds is 8. The highest BCUT2D eigenvalue weighted by molar-refractivity contribution is 8.00. The molecule has 0 spiro atoms. The molecule has 7 heteroatoms. The van der Waals surface area contributed by atoms with Gasteiger partial charge in [0.25, 0.3) is 6.43 Å². The third-order valence-electron chi connectivity index (χ3n) is 2.46. The van der Waals surface area contributed by atoms with Crippen LogP contribution in [0, 0.1) is 0 Å². The van der Waals surface area contributed by atoms with E-state index in [0.29, 0.717) is 5.69 Å². The van der Waals surface area contributed by atoms with Crippen LogP contribution in [0.5, 0.6) is 0 Å². The second kappa shape index (κ2) is 8.14. The highest BCUT2D eigenvalue weighted by Crippen LogP contribution is 2.15. The Kier molecular flexibility index (Phi) is 6.83. The number of nitrogens with zero attached hydrogens (tertiary/aromatic N) is 2. The zero-order chi connectivity index (χ0) is 14.3. The van der Waals surface area contributed by atoms with Crippen LogP contribution in [0.25, 0.3) is 0 Å². The average molecular weight is 291 g/mol. The molecule has 0 saturated heterocycles. The normalized spacial score (nSPS) is 12.7. The number of thioether (sulfide) groups is 1. The van der Waals surface area contributed by atoms with E-state index in [4.69, 9.17) is 0 Å². The molecule has 0 aromatic carbocycles. The standard InChI is InChI=1S/C12H19F2N3OS/c1-3-4-5-19-9(2)12(18)16-10-6-15-17(7-10)8-11(13)14/h6-7,9,11H,3-5,8H2,1-2H3,(H,16,18). The molecule has 19 heavy (non-hydrogen) atoms. The van der Waals surface area contributed by atoms with Crippen molar-refractivity contribution in [3.63, 3.8) is 0 Å². The molecule has 0 fully saturated rings. The molecular weight excluding hydrogens is 272 g/mol. The maximum absolute atomic E-state index is 12.1. The summed E-state index contributed by atoms with van der Waals surface area (Å²) in [6, 6.07) is 0. The molecule has 1 aromatic heterocycles. The number of aromatic nitrogens is 2. The van der Waals surface area contributed by atoms with E-state index in [-0.39, 0.29) is 11.2 Å². The second-order valence-electron chi connectivity index (χ2n) is 4.20. The van der Waals surface area contributed by atoms with Gasteiger partial charge in [-0.05, 0) is 19.1 Å². The van der Waals surface area contributed by atoms with E-state index < -0.39 is 13.0 Å². The maximum atomic E-state index is 12.1. The summed E-state index contributed by atoms with van der Waals surface area (Å²) in [4.78, 5) is 11.8. The SMILES string of the molecule is CCCCSC(C)C(=O)Nc1cnn(CC(F)F)c1. The molecule has 1 rings (SSSR count). The lowest BCUT2D eigenvalue weighted by Crippen LogP contribution is -2.22. The predicted molar refractivity (Wildman–Crippen MR) is 73.7 cm³/mol. The van der Waals surface area contributed by atoms with E-state index in [1.165, 1.54) is 12.4 Å². The average Bonchev–Trinajstić information content (AvgIpc) is 2.75. The van der Waals surface area contributed by atoms with E-state index in [0.717, 1.165) is 23.3 Å². The summed E-state index contributed by atoms with van der Waals surface area (Å²) in [6.45, 7) is 3.47. The largest absolute Gasteiger partial charge is 0.322 e. The molecule has 1 amide bonds. The molecule has 1 unspecified atom stereocenters. The molecule has 108 valence electrons. The maximum Gasteiger partial charge on any atom is 0.257 e. The van der Waals surface area contributed by atoms with Gasteiger partial charge in [-0.1, -0.05) is 13.3 Å². The van der Waals surface area contributed by atoms with Crippen molar-refractivity contribution in [3.05, 3.63) is 12.4 Å². The topological polar surface area (TPSA) is 46.9 Å². The minimum absolute atomic E-state index is 0.127. The first kappa shape index (κ1) is 15.9. The van der Waals surface area contributed by atoms with Crippen LogP contribution in [-0.4, -0.2) is 33.1 Å². The summed E-state index contributed by atoms with van der Waals surface area (Å²) in [5.74, 6) is 0.813. The molecule has 1 heterocycles. The first-order chi connectivity index (χ1) is 9.02. The van der Waals surface area contributed by atoms with E-state index in [1.54, 1.807) is 11.8 Å². The van der Waals surface area contributed by atoms with Gasteiger partial charge in [-0.2, -0.15) is 5.10 Å². The van der Waals surface area contributed by atoms with Crippen LogP contribution < -0.4 is 5.32 Å². The molecule has 0 saturated carbocycles. The van der Waals surface area contributed by atoms with Crippen molar-refractivity contribution in [2.75, 3.05) is 11.1 Å². The van der Waals surface area contributed by atoms with Gasteiger partial charge in [-0.15, -0.1) is 11.8 Å². The number of alkyl halides is 2. The van der Waals surface area contributed by atoms with Crippen LogP contribution in [-0.2, 0) is 11.3 Å². The van der Waals surface area contributed by atoms with Gasteiger partial charge in [0.05, 0.1) is 17.1 Å². The number of carbonyl (C=O) groups is 1. The van der Waals surface area contributed by atoms with Crippen LogP contribution in [0.1, 0.15) is 26.7 Å². The number of halogens is 2. The number of amides is 1. The van der Waals surface area contributed by atoms with Crippen LogP contribution in [0.15, 0.2) is 12.4 Å². The number of nitrogens with one attached hydrogen (secondary N) is 1. The van der Waals surface area contributed by atoms with Gasteiger partial charge in [0.15, 0.2) is 0 Å². The van der Waals surface area contributed by atoms with Gasteiger partial charge in [-0.3, -0.25) is 9.48 Å². The molecule has 0 radical (unpaired) electrons. The summed E-state index contributed by atoms with van der Waals surface area (Å²) in [7, 11) is 0. The Hall–Kier alpha value is -1.11. The van der Waals surface area contributed by atoms with E-state index >= 15 is 0 Å². The van der Waals surface area contributed by atoms with Crippen LogP contribution in [0.4, 0.5) is 14.5 Å². The minimum atomic E-state index is -2.45. The summed E-state index contributed by atoms with van der Waals surface area (Å²) < 4.78 is 25.4. The molecule has 1 aromatic rings. The second-order valence-corrected chi connectivity index (χ2v) is 5.65. The Bertz CT molecular complexity index is 398. The molecule has 4 nitrogen and oxygen atoms in total. The molecular formula is C12H19F2N3OS. The molecule has 0 aliphatic carbocycles. The number of hydrogen-bond acceptors (Lipinski definition) is 3. The zero-order valence-electron chi connectivity index (χ0n) is 11.1. The monoisotopic (exact) mass is 291 g/mol. The van der Waals surface area contributed by atoms with Gasteiger partial charge in [0.1, 0.15) is 6.54 Å². The van der Waals surface area contributed by atoms with Gasteiger partial charge < -0.3 is 5.32 Å². The Labute approximate surface area is 115 Å². The highest BCUT2D eigenvalue weighted by Gasteiger charge is 2.14. The van der Waals surface area contributed by atoms with Gasteiger partial charge in [0, 0.05) is 6.20 Å². The van der Waals surface area contributed by atoms with Crippen LogP contribution >= 0.6 is 11.8 Å². The van der Waals surface area contributed by atoms with Crippen molar-refractivity contribution < 1.29 is 13.6 Å². The Balaban J connectivity index is 2.40. The smallest absolute Gasteiger partial charge is 0.257 e. The highest BCUT2D eigenvalue weighted by atomic mass is 32.2. The lowest BCUT2D eigenvalue weighted by Gasteiger charge is -2.10. The molecule has 0 aliphatic heterocycles. The van der Waals surface area contributed by atoms with E-state index in [2.05, 4.69) is 17.3 Å². The lowest BCUT2D eigenvalue weighted by molar-refractivity contribution is -0.115. The quantitative estimate of drug-likeness (QED) is 0.749. The van der Waals surface area contributed by atoms with Crippen LogP contribution in [0.2, 0.25) is 0 Å². The zero-order valence-corrected chi connectivity index (χ0v) is 11.9. The summed E-state index contributed by atoms with van der Waals surface area (Å²) in [5.41, 5.74) is 0.452. The van der Waals surface area contributed by atoms with Gasteiger partial charge >= 0.3 is 0 Å². The fourth-order valence-corrected chi connectivity index (χ4v) is 2.41. The van der Waals surface area contributed by atoms with Crippen molar-refractivity contribution in [1.82, 2.24) is 9.78 Å². The summed E-state index contributed by atoms with van der Waals surface area (Å²) in [6.07, 6.45) is 2.51. The fourth-order valence-electron chi connectivity index (χ4n) is 1.39. The van der Waals surface area contributed by atoms with Crippen molar-refractivity contribution in [2.45, 2.75) is 44.9 Å². The Morgan fingerprint density at radius 1 is 1.58 bits per heavy atom. The summed E-state index contributed by atoms with van der Waals surface area (Å²) in [5, 5.41) is 6.27. The van der Waals surface area contributed by atoms with Crippen LogP contribution in [0.3, 0.4) is 0 Å². The molecule has 1 atom stereocenters. The van der Waals surface area contributed by atoms with Gasteiger partial charge in [-0.25, -0.2) is 8.78 Å². The number of hydrogen-bond donors (Lipinski definition) is 1. The number of unbranched alkanes of at least 4 members (excludes halogenated alkanes) is 1. The first-order valence-electron chi connectivity index (χ1n) is 6.26. The minimum Gasteiger partial charge on any atom is -0.322 e. The van der Waals surface area contributed by atoms with Crippen molar-refractivity contribution >= 4 is 23.4 Å². The third kappa shape index (κ3) is 6.04. The van der Waals surface area contributed by atoms with Crippen molar-refractivity contribution in [2.24, 2.45) is 0 Å². The fraction of sp³-hybridized carbons (Fsp3) is 0.667. The molecule has 1 N–H and O–H groups in total. The molecule has 0 aliphatic rings. The Morgan fingerprint density at radius 2 is 2.32 bits per heavy atom. The first-order valence-corrected chi connectivity index (χ1v) is 7.31. The van der Waals surface area contributed by atoms with Gasteiger partial charge in [0.2, 0.25) is 5.91 Å². The van der Waals surface area contributed by atoms with E-state index in [1.807, 2.05) is 6.92 Å². The lowest BCUT2D eigenvalue weighted by atomic mass is 10.4. The predicted octanol–water partition coefficient (Wildman–Crippen LogP) is 3.01. The number of anilines is 1. The third-order valence-corrected chi connectivity index (χ3v) is 3.70. The van der Waals surface area contributed by atoms with Crippen molar-refractivity contribution in [3.8, 4) is 0 Å². The Morgan fingerprint density at radius 3 is 2.95 bits per heavy atom. The number of carbonyl (C=O) groups excluding carboxylic acids is 1. The van der Waals surface area contributed by atoms with Crippen molar-refractivity contribution in [1.29, 1.82) is 0 Å².